The van der Waals surface area contributed by atoms with Crippen LogP contribution in [0.15, 0.2) is 18.3 Å². The van der Waals surface area contributed by atoms with E-state index >= 15 is 0 Å². The summed E-state index contributed by atoms with van der Waals surface area (Å²) in [4.78, 5) is 0. The Labute approximate surface area is 107 Å². The SMILES string of the molecule is COc1cc(C)c(C)cc1-c1cn[nH]c1CCN. The summed E-state index contributed by atoms with van der Waals surface area (Å²) >= 11 is 0. The van der Waals surface area contributed by atoms with Crippen LogP contribution in [0.4, 0.5) is 0 Å². The van der Waals surface area contributed by atoms with Crippen molar-refractivity contribution in [2.45, 2.75) is 20.3 Å². The van der Waals surface area contributed by atoms with E-state index in [1.54, 1.807) is 7.11 Å². The number of aryl methyl sites for hydroxylation is 2. The van der Waals surface area contributed by atoms with E-state index in [9.17, 15) is 0 Å². The van der Waals surface area contributed by atoms with Crippen LogP contribution in [0.1, 0.15) is 16.8 Å². The van der Waals surface area contributed by atoms with Crippen LogP contribution in [0, 0.1) is 13.8 Å². The first-order chi connectivity index (χ1) is 8.67. The average molecular weight is 245 g/mol. The molecule has 0 radical (unpaired) electrons. The lowest BCUT2D eigenvalue weighted by molar-refractivity contribution is 0.416. The minimum Gasteiger partial charge on any atom is -0.496 e. The molecule has 4 nitrogen and oxygen atoms in total. The van der Waals surface area contributed by atoms with Crippen molar-refractivity contribution in [3.05, 3.63) is 35.2 Å². The highest BCUT2D eigenvalue weighted by molar-refractivity contribution is 5.73. The van der Waals surface area contributed by atoms with Crippen LogP contribution < -0.4 is 10.5 Å². The van der Waals surface area contributed by atoms with Crippen LogP contribution in [0.25, 0.3) is 11.1 Å². The molecule has 0 spiro atoms. The first kappa shape index (κ1) is 12.6. The van der Waals surface area contributed by atoms with Gasteiger partial charge in [-0.25, -0.2) is 0 Å². The summed E-state index contributed by atoms with van der Waals surface area (Å²) in [6.07, 6.45) is 2.61. The topological polar surface area (TPSA) is 63.9 Å². The van der Waals surface area contributed by atoms with Gasteiger partial charge < -0.3 is 10.5 Å². The van der Waals surface area contributed by atoms with Gasteiger partial charge >= 0.3 is 0 Å². The highest BCUT2D eigenvalue weighted by Crippen LogP contribution is 2.33. The number of hydrogen-bond acceptors (Lipinski definition) is 3. The molecule has 96 valence electrons. The molecule has 0 amide bonds. The van der Waals surface area contributed by atoms with Gasteiger partial charge in [0.1, 0.15) is 5.75 Å². The summed E-state index contributed by atoms with van der Waals surface area (Å²) in [6, 6.07) is 4.20. The molecule has 18 heavy (non-hydrogen) atoms. The standard InChI is InChI=1S/C14H19N3O/c1-9-6-11(14(18-3)7-10(9)2)12-8-16-17-13(12)4-5-15/h6-8H,4-5,15H2,1-3H3,(H,16,17). The second-order valence-corrected chi connectivity index (χ2v) is 4.44. The maximum absolute atomic E-state index is 5.61. The molecule has 0 aliphatic rings. The second-order valence-electron chi connectivity index (χ2n) is 4.44. The van der Waals surface area contributed by atoms with Gasteiger partial charge in [-0.05, 0) is 43.7 Å². The molecule has 2 rings (SSSR count). The fraction of sp³-hybridized carbons (Fsp3) is 0.357. The Morgan fingerprint density at radius 2 is 1.94 bits per heavy atom. The summed E-state index contributed by atoms with van der Waals surface area (Å²) in [5.74, 6) is 0.873. The molecule has 0 saturated heterocycles. The smallest absolute Gasteiger partial charge is 0.127 e. The molecule has 1 aromatic carbocycles. The van der Waals surface area contributed by atoms with Gasteiger partial charge in [0.15, 0.2) is 0 Å². The van der Waals surface area contributed by atoms with E-state index in [0.29, 0.717) is 6.54 Å². The number of ether oxygens (including phenoxy) is 1. The number of nitrogens with one attached hydrogen (secondary N) is 1. The molecule has 0 aliphatic heterocycles. The lowest BCUT2D eigenvalue weighted by Gasteiger charge is -2.12. The van der Waals surface area contributed by atoms with Crippen LogP contribution in [-0.2, 0) is 6.42 Å². The van der Waals surface area contributed by atoms with Gasteiger partial charge in [0.05, 0.1) is 13.3 Å². The van der Waals surface area contributed by atoms with E-state index in [-0.39, 0.29) is 0 Å². The van der Waals surface area contributed by atoms with Crippen molar-refractivity contribution in [2.24, 2.45) is 5.73 Å². The second kappa shape index (κ2) is 5.23. The van der Waals surface area contributed by atoms with Gasteiger partial charge in [-0.3, -0.25) is 5.10 Å². The minimum absolute atomic E-state index is 0.600. The number of aromatic amines is 1. The van der Waals surface area contributed by atoms with Crippen LogP contribution in [0.3, 0.4) is 0 Å². The van der Waals surface area contributed by atoms with Crippen molar-refractivity contribution in [2.75, 3.05) is 13.7 Å². The molecule has 1 heterocycles. The molecule has 0 saturated carbocycles. The molecule has 0 fully saturated rings. The molecule has 4 heteroatoms. The predicted octanol–water partition coefficient (Wildman–Crippen LogP) is 2.20. The number of aromatic nitrogens is 2. The maximum atomic E-state index is 5.61. The molecular weight excluding hydrogens is 226 g/mol. The van der Waals surface area contributed by atoms with Crippen LogP contribution >= 0.6 is 0 Å². The van der Waals surface area contributed by atoms with Crippen LogP contribution in [0.2, 0.25) is 0 Å². The van der Waals surface area contributed by atoms with Crippen LogP contribution in [-0.4, -0.2) is 23.9 Å². The van der Waals surface area contributed by atoms with E-state index < -0.39 is 0 Å². The van der Waals surface area contributed by atoms with E-state index in [1.807, 2.05) is 6.20 Å². The Morgan fingerprint density at radius 1 is 1.22 bits per heavy atom. The number of nitrogens with two attached hydrogens (primary N) is 1. The zero-order valence-electron chi connectivity index (χ0n) is 11.1. The van der Waals surface area contributed by atoms with Gasteiger partial charge in [0.2, 0.25) is 0 Å². The summed E-state index contributed by atoms with van der Waals surface area (Å²) in [5, 5.41) is 7.11. The number of methoxy groups -OCH3 is 1. The Balaban J connectivity index is 2.55. The summed E-state index contributed by atoms with van der Waals surface area (Å²) in [5.41, 5.74) is 11.3. The summed E-state index contributed by atoms with van der Waals surface area (Å²) in [7, 11) is 1.69. The molecule has 1 aromatic heterocycles. The molecule has 0 bridgehead atoms. The van der Waals surface area contributed by atoms with Crippen LogP contribution in [0.5, 0.6) is 5.75 Å². The van der Waals surface area contributed by atoms with Gasteiger partial charge in [-0.15, -0.1) is 0 Å². The van der Waals surface area contributed by atoms with Gasteiger partial charge in [-0.1, -0.05) is 0 Å². The van der Waals surface area contributed by atoms with E-state index in [2.05, 4.69) is 36.2 Å². The third kappa shape index (κ3) is 2.24. The van der Waals surface area contributed by atoms with Gasteiger partial charge in [-0.2, -0.15) is 5.10 Å². The van der Waals surface area contributed by atoms with Crippen molar-refractivity contribution in [1.29, 1.82) is 0 Å². The number of rotatable bonds is 4. The van der Waals surface area contributed by atoms with E-state index in [0.717, 1.165) is 29.0 Å². The molecular formula is C14H19N3O. The Morgan fingerprint density at radius 3 is 2.61 bits per heavy atom. The third-order valence-corrected chi connectivity index (χ3v) is 3.22. The molecule has 3 N–H and O–H groups in total. The van der Waals surface area contributed by atoms with Crippen molar-refractivity contribution in [3.8, 4) is 16.9 Å². The number of benzene rings is 1. The molecule has 0 aliphatic carbocycles. The lowest BCUT2D eigenvalue weighted by atomic mass is 9.99. The number of H-pyrrole nitrogens is 1. The lowest BCUT2D eigenvalue weighted by Crippen LogP contribution is -2.04. The highest BCUT2D eigenvalue weighted by atomic mass is 16.5. The highest BCUT2D eigenvalue weighted by Gasteiger charge is 2.13. The first-order valence-electron chi connectivity index (χ1n) is 6.05. The monoisotopic (exact) mass is 245 g/mol. The summed E-state index contributed by atoms with van der Waals surface area (Å²) in [6.45, 7) is 4.78. The van der Waals surface area contributed by atoms with E-state index in [1.165, 1.54) is 11.1 Å². The molecule has 0 unspecified atom stereocenters. The van der Waals surface area contributed by atoms with Crippen molar-refractivity contribution in [3.63, 3.8) is 0 Å². The van der Waals surface area contributed by atoms with E-state index in [4.69, 9.17) is 10.5 Å². The summed E-state index contributed by atoms with van der Waals surface area (Å²) < 4.78 is 5.47. The number of hydrogen-bond donors (Lipinski definition) is 2. The fourth-order valence-electron chi connectivity index (χ4n) is 2.05. The quantitative estimate of drug-likeness (QED) is 0.868. The Kier molecular flexibility index (Phi) is 3.67. The van der Waals surface area contributed by atoms with Gasteiger partial charge in [0, 0.05) is 23.2 Å². The van der Waals surface area contributed by atoms with Crippen molar-refractivity contribution >= 4 is 0 Å². The molecule has 2 aromatic rings. The predicted molar refractivity (Wildman–Crippen MR) is 72.8 cm³/mol. The fourth-order valence-corrected chi connectivity index (χ4v) is 2.05. The normalized spacial score (nSPS) is 10.7. The largest absolute Gasteiger partial charge is 0.496 e. The zero-order chi connectivity index (χ0) is 13.1. The number of nitrogens with zero attached hydrogens (tertiary/aromatic N) is 1. The van der Waals surface area contributed by atoms with Crippen molar-refractivity contribution < 1.29 is 4.74 Å². The minimum atomic E-state index is 0.600. The third-order valence-electron chi connectivity index (χ3n) is 3.22. The maximum Gasteiger partial charge on any atom is 0.127 e. The van der Waals surface area contributed by atoms with Gasteiger partial charge in [0.25, 0.3) is 0 Å². The average Bonchev–Trinajstić information content (AvgIpc) is 2.80. The first-order valence-corrected chi connectivity index (χ1v) is 6.05. The molecule has 0 atom stereocenters. The van der Waals surface area contributed by atoms with Crippen molar-refractivity contribution in [1.82, 2.24) is 10.2 Å². The Hall–Kier alpha value is -1.81. The Bertz CT molecular complexity index is 546. The zero-order valence-corrected chi connectivity index (χ0v) is 11.1.